The predicted octanol–water partition coefficient (Wildman–Crippen LogP) is 3.36. The van der Waals surface area contributed by atoms with Crippen molar-refractivity contribution < 1.29 is 37.0 Å². The van der Waals surface area contributed by atoms with Crippen LogP contribution in [0.2, 0.25) is 0 Å². The lowest BCUT2D eigenvalue weighted by Crippen LogP contribution is -2.48. The quantitative estimate of drug-likeness (QED) is 0.280. The van der Waals surface area contributed by atoms with E-state index in [9.17, 15) is 22.8 Å². The Labute approximate surface area is 171 Å². The number of nitrogens with one attached hydrogen (secondary N) is 2. The fraction of sp³-hybridized carbons (Fsp3) is 0.556. The molecule has 2 unspecified atom stereocenters. The minimum atomic E-state index is -1.67. The number of hydrogen-bond donors (Lipinski definition) is 2. The largest absolute Gasteiger partial charge is 0.443 e. The van der Waals surface area contributed by atoms with Gasteiger partial charge < -0.3 is 14.2 Å². The van der Waals surface area contributed by atoms with Gasteiger partial charge >= 0.3 is 6.09 Å². The Morgan fingerprint density at radius 2 is 1.72 bits per heavy atom. The summed E-state index contributed by atoms with van der Waals surface area (Å²) in [4.78, 5) is 24.5. The average molecular weight is 441 g/mol. The fourth-order valence-corrected chi connectivity index (χ4v) is 2.61. The first-order valence-electron chi connectivity index (χ1n) is 8.60. The molecule has 0 aliphatic heterocycles. The average Bonchev–Trinajstić information content (AvgIpc) is 2.61. The summed E-state index contributed by atoms with van der Waals surface area (Å²) in [5.74, 6) is -6.81. The first kappa shape index (κ1) is 25.0. The molecule has 164 valence electrons. The van der Waals surface area contributed by atoms with Crippen LogP contribution in [0.15, 0.2) is 12.1 Å². The normalized spacial score (nSPS) is 13.5. The van der Waals surface area contributed by atoms with E-state index in [0.717, 1.165) is 0 Å². The maximum atomic E-state index is 13.7. The van der Waals surface area contributed by atoms with Gasteiger partial charge in [-0.15, -0.1) is 11.6 Å². The van der Waals surface area contributed by atoms with Crippen LogP contribution in [0.3, 0.4) is 0 Å². The molecule has 29 heavy (non-hydrogen) atoms. The Morgan fingerprint density at radius 1 is 1.14 bits per heavy atom. The third-order valence-electron chi connectivity index (χ3n) is 3.50. The molecule has 1 aromatic rings. The number of rotatable bonds is 8. The minimum absolute atomic E-state index is 0.0455. The zero-order valence-corrected chi connectivity index (χ0v) is 17.2. The Kier molecular flexibility index (Phi) is 9.67. The zero-order valence-electron chi connectivity index (χ0n) is 16.5. The highest BCUT2D eigenvalue weighted by molar-refractivity contribution is 6.17. The van der Waals surface area contributed by atoms with Crippen molar-refractivity contribution in [1.29, 1.82) is 0 Å². The molecular formula is C18H24ClF3N2O5. The number of methoxy groups -OCH3 is 1. The lowest BCUT2D eigenvalue weighted by Gasteiger charge is -2.27. The van der Waals surface area contributed by atoms with Crippen LogP contribution in [0.5, 0.6) is 0 Å². The van der Waals surface area contributed by atoms with E-state index in [1.54, 1.807) is 20.8 Å². The van der Waals surface area contributed by atoms with Crippen molar-refractivity contribution in [3.8, 4) is 0 Å². The summed E-state index contributed by atoms with van der Waals surface area (Å²) >= 11 is 5.75. The summed E-state index contributed by atoms with van der Waals surface area (Å²) in [6.07, 6.45) is -1.85. The SMILES string of the molecule is COCOC(CCCl)C(C(=O)NNC(=O)OC(C)(C)C)c1cc(F)c(F)c(F)c1. The summed E-state index contributed by atoms with van der Waals surface area (Å²) < 4.78 is 56.0. The fourth-order valence-electron chi connectivity index (χ4n) is 2.39. The van der Waals surface area contributed by atoms with Crippen molar-refractivity contribution in [2.24, 2.45) is 0 Å². The minimum Gasteiger partial charge on any atom is -0.443 e. The lowest BCUT2D eigenvalue weighted by atomic mass is 9.90. The molecule has 0 fully saturated rings. The van der Waals surface area contributed by atoms with Crippen LogP contribution in [-0.4, -0.2) is 43.5 Å². The molecule has 7 nitrogen and oxygen atoms in total. The van der Waals surface area contributed by atoms with Crippen molar-refractivity contribution in [2.45, 2.75) is 44.8 Å². The highest BCUT2D eigenvalue weighted by Crippen LogP contribution is 2.28. The van der Waals surface area contributed by atoms with Gasteiger partial charge in [-0.1, -0.05) is 0 Å². The predicted molar refractivity (Wildman–Crippen MR) is 98.7 cm³/mol. The van der Waals surface area contributed by atoms with Gasteiger partial charge in [0.2, 0.25) is 5.91 Å². The van der Waals surface area contributed by atoms with Crippen molar-refractivity contribution in [1.82, 2.24) is 10.9 Å². The molecule has 0 aromatic heterocycles. The number of ether oxygens (including phenoxy) is 3. The second-order valence-electron chi connectivity index (χ2n) is 6.98. The van der Waals surface area contributed by atoms with Crippen LogP contribution in [0, 0.1) is 17.5 Å². The van der Waals surface area contributed by atoms with E-state index < -0.39 is 47.1 Å². The molecule has 0 bridgehead atoms. The molecule has 1 rings (SSSR count). The summed E-state index contributed by atoms with van der Waals surface area (Å²) in [6, 6.07) is 1.35. The second kappa shape index (κ2) is 11.2. The van der Waals surface area contributed by atoms with E-state index in [-0.39, 0.29) is 24.7 Å². The molecular weight excluding hydrogens is 417 g/mol. The van der Waals surface area contributed by atoms with Gasteiger partial charge in [0.1, 0.15) is 12.4 Å². The van der Waals surface area contributed by atoms with E-state index in [1.807, 2.05) is 5.43 Å². The Hall–Kier alpha value is -2.04. The number of alkyl halides is 1. The number of hydrogen-bond acceptors (Lipinski definition) is 5. The van der Waals surface area contributed by atoms with Crippen LogP contribution in [-0.2, 0) is 19.0 Å². The Bertz CT molecular complexity index is 692. The molecule has 0 radical (unpaired) electrons. The molecule has 1 aromatic carbocycles. The number of benzene rings is 1. The summed E-state index contributed by atoms with van der Waals surface area (Å²) in [6.45, 7) is 4.63. The zero-order chi connectivity index (χ0) is 22.2. The highest BCUT2D eigenvalue weighted by atomic mass is 35.5. The lowest BCUT2D eigenvalue weighted by molar-refractivity contribution is -0.132. The molecule has 2 N–H and O–H groups in total. The van der Waals surface area contributed by atoms with Gasteiger partial charge in [-0.25, -0.2) is 23.4 Å². The Morgan fingerprint density at radius 3 is 2.21 bits per heavy atom. The highest BCUT2D eigenvalue weighted by Gasteiger charge is 2.33. The molecule has 2 amide bonds. The van der Waals surface area contributed by atoms with E-state index in [1.165, 1.54) is 7.11 Å². The number of hydrazine groups is 1. The van der Waals surface area contributed by atoms with E-state index in [0.29, 0.717) is 12.1 Å². The van der Waals surface area contributed by atoms with Crippen molar-refractivity contribution in [3.63, 3.8) is 0 Å². The summed E-state index contributed by atoms with van der Waals surface area (Å²) in [7, 11) is 1.34. The number of carbonyl (C=O) groups is 2. The molecule has 0 saturated carbocycles. The summed E-state index contributed by atoms with van der Waals surface area (Å²) in [5.41, 5.74) is 3.12. The van der Waals surface area contributed by atoms with Gasteiger partial charge in [0.25, 0.3) is 0 Å². The van der Waals surface area contributed by atoms with Crippen molar-refractivity contribution in [3.05, 3.63) is 35.1 Å². The molecule has 0 aliphatic carbocycles. The molecule has 0 saturated heterocycles. The van der Waals surface area contributed by atoms with Crippen LogP contribution >= 0.6 is 11.6 Å². The summed E-state index contributed by atoms with van der Waals surface area (Å²) in [5, 5.41) is 0. The Balaban J connectivity index is 3.15. The number of amides is 2. The maximum absolute atomic E-state index is 13.7. The molecule has 2 atom stereocenters. The van der Waals surface area contributed by atoms with Gasteiger partial charge in [-0.3, -0.25) is 10.2 Å². The third kappa shape index (κ3) is 8.08. The topological polar surface area (TPSA) is 85.9 Å². The number of carbonyl (C=O) groups excluding carboxylic acids is 2. The van der Waals surface area contributed by atoms with Crippen molar-refractivity contribution in [2.75, 3.05) is 19.8 Å². The van der Waals surface area contributed by atoms with Crippen LogP contribution in [0.4, 0.5) is 18.0 Å². The van der Waals surface area contributed by atoms with E-state index in [4.69, 9.17) is 25.8 Å². The molecule has 0 aliphatic rings. The van der Waals surface area contributed by atoms with Gasteiger partial charge in [-0.05, 0) is 44.9 Å². The van der Waals surface area contributed by atoms with E-state index in [2.05, 4.69) is 5.43 Å². The van der Waals surface area contributed by atoms with Gasteiger partial charge in [-0.2, -0.15) is 0 Å². The molecule has 11 heteroatoms. The van der Waals surface area contributed by atoms with Crippen LogP contribution < -0.4 is 10.9 Å². The first-order valence-corrected chi connectivity index (χ1v) is 9.13. The van der Waals surface area contributed by atoms with Gasteiger partial charge in [0.05, 0.1) is 12.0 Å². The standard InChI is InChI=1S/C18H24ClF3N2O5/c1-18(2,3)29-17(26)24-23-16(25)14(13(5-6-19)28-9-27-4)10-7-11(20)15(22)12(21)8-10/h7-8,13-14H,5-6,9H2,1-4H3,(H,23,25)(H,24,26). The van der Waals surface area contributed by atoms with Crippen LogP contribution in [0.25, 0.3) is 0 Å². The first-order chi connectivity index (χ1) is 13.5. The van der Waals surface area contributed by atoms with Gasteiger partial charge in [0, 0.05) is 13.0 Å². The monoisotopic (exact) mass is 440 g/mol. The van der Waals surface area contributed by atoms with Crippen LogP contribution in [0.1, 0.15) is 38.7 Å². The smallest absolute Gasteiger partial charge is 0.426 e. The second-order valence-corrected chi connectivity index (χ2v) is 7.36. The van der Waals surface area contributed by atoms with E-state index >= 15 is 0 Å². The van der Waals surface area contributed by atoms with Crippen molar-refractivity contribution >= 4 is 23.6 Å². The number of halogens is 4. The van der Waals surface area contributed by atoms with Gasteiger partial charge in [0.15, 0.2) is 17.5 Å². The third-order valence-corrected chi connectivity index (χ3v) is 3.72. The molecule has 0 spiro atoms. The maximum Gasteiger partial charge on any atom is 0.426 e. The molecule has 0 heterocycles.